The molecule has 0 bridgehead atoms. The Morgan fingerprint density at radius 2 is 1.68 bits per heavy atom. The van der Waals surface area contributed by atoms with E-state index < -0.39 is 5.60 Å². The van der Waals surface area contributed by atoms with Crippen molar-refractivity contribution < 1.29 is 19.0 Å². The fraction of sp³-hybridized carbons (Fsp3) is 0.952. The molecule has 0 aliphatic carbocycles. The lowest BCUT2D eigenvalue weighted by Crippen LogP contribution is -2.40. The van der Waals surface area contributed by atoms with Crippen molar-refractivity contribution in [1.82, 2.24) is 0 Å². The molecule has 1 saturated heterocycles. The van der Waals surface area contributed by atoms with Gasteiger partial charge in [-0.1, -0.05) is 27.7 Å². The molecule has 4 nitrogen and oxygen atoms in total. The van der Waals surface area contributed by atoms with E-state index in [4.69, 9.17) is 14.2 Å². The van der Waals surface area contributed by atoms with Crippen molar-refractivity contribution in [3.8, 4) is 0 Å². The predicted octanol–water partition coefficient (Wildman–Crippen LogP) is 5.19. The molecule has 0 amide bonds. The summed E-state index contributed by atoms with van der Waals surface area (Å²) in [4.78, 5) is 12.2. The molecule has 7 atom stereocenters. The maximum Gasteiger partial charge on any atom is 0.309 e. The van der Waals surface area contributed by atoms with Crippen LogP contribution in [0.1, 0.15) is 81.6 Å². The Hall–Kier alpha value is -0.610. The van der Waals surface area contributed by atoms with E-state index in [1.807, 2.05) is 27.7 Å². The molecule has 0 aromatic carbocycles. The van der Waals surface area contributed by atoms with Crippen molar-refractivity contribution in [2.45, 2.75) is 106 Å². The van der Waals surface area contributed by atoms with Crippen LogP contribution in [-0.2, 0) is 19.0 Å². The van der Waals surface area contributed by atoms with Crippen LogP contribution in [-0.4, -0.2) is 30.1 Å². The Kier molecular flexibility index (Phi) is 8.40. The van der Waals surface area contributed by atoms with Gasteiger partial charge in [0.15, 0.2) is 6.29 Å². The van der Waals surface area contributed by atoms with Crippen molar-refractivity contribution >= 4 is 5.97 Å². The van der Waals surface area contributed by atoms with Crippen LogP contribution in [0.15, 0.2) is 0 Å². The second kappa shape index (κ2) is 9.36. The molecule has 1 aliphatic heterocycles. The van der Waals surface area contributed by atoms with Crippen molar-refractivity contribution in [3.63, 3.8) is 0 Å². The van der Waals surface area contributed by atoms with Gasteiger partial charge >= 0.3 is 5.97 Å². The van der Waals surface area contributed by atoms with Crippen LogP contribution in [0.4, 0.5) is 0 Å². The second-order valence-corrected chi connectivity index (χ2v) is 9.22. The van der Waals surface area contributed by atoms with Crippen molar-refractivity contribution in [1.29, 1.82) is 0 Å². The first-order chi connectivity index (χ1) is 11.4. The van der Waals surface area contributed by atoms with Gasteiger partial charge in [0.1, 0.15) is 5.60 Å². The van der Waals surface area contributed by atoms with Crippen molar-refractivity contribution in [2.75, 3.05) is 0 Å². The van der Waals surface area contributed by atoms with Crippen molar-refractivity contribution in [3.05, 3.63) is 0 Å². The van der Waals surface area contributed by atoms with Gasteiger partial charge in [0, 0.05) is 5.92 Å². The summed E-state index contributed by atoms with van der Waals surface area (Å²) >= 11 is 0. The third-order valence-corrected chi connectivity index (χ3v) is 5.39. The average molecular weight is 357 g/mol. The van der Waals surface area contributed by atoms with Gasteiger partial charge in [-0.15, -0.1) is 0 Å². The summed E-state index contributed by atoms with van der Waals surface area (Å²) in [6.45, 7) is 18.5. The molecular weight excluding hydrogens is 316 g/mol. The predicted molar refractivity (Wildman–Crippen MR) is 101 cm³/mol. The van der Waals surface area contributed by atoms with Gasteiger partial charge in [0.2, 0.25) is 0 Å². The van der Waals surface area contributed by atoms with Crippen LogP contribution >= 0.6 is 0 Å². The first kappa shape index (κ1) is 22.4. The second-order valence-electron chi connectivity index (χ2n) is 9.22. The van der Waals surface area contributed by atoms with E-state index in [0.29, 0.717) is 11.8 Å². The molecule has 148 valence electrons. The minimum Gasteiger partial charge on any atom is -0.460 e. The monoisotopic (exact) mass is 356 g/mol. The molecule has 0 radical (unpaired) electrons. The van der Waals surface area contributed by atoms with Gasteiger partial charge in [0.05, 0.1) is 18.1 Å². The molecule has 0 saturated carbocycles. The highest BCUT2D eigenvalue weighted by Gasteiger charge is 2.33. The highest BCUT2D eigenvalue weighted by Crippen LogP contribution is 2.31. The first-order valence-corrected chi connectivity index (χ1v) is 9.94. The summed E-state index contributed by atoms with van der Waals surface area (Å²) in [5.41, 5.74) is -0.427. The van der Waals surface area contributed by atoms with Gasteiger partial charge in [-0.3, -0.25) is 4.79 Å². The third-order valence-electron chi connectivity index (χ3n) is 5.39. The van der Waals surface area contributed by atoms with Gasteiger partial charge in [-0.05, 0) is 65.7 Å². The minimum absolute atomic E-state index is 0.0999. The highest BCUT2D eigenvalue weighted by molar-refractivity contribution is 5.72. The molecule has 0 N–H and O–H groups in total. The molecule has 1 heterocycles. The quantitative estimate of drug-likeness (QED) is 0.589. The zero-order valence-electron chi connectivity index (χ0n) is 17.8. The normalized spacial score (nSPS) is 31.2. The molecule has 1 fully saturated rings. The summed E-state index contributed by atoms with van der Waals surface area (Å²) in [6, 6.07) is 0. The fourth-order valence-corrected chi connectivity index (χ4v) is 3.21. The summed E-state index contributed by atoms with van der Waals surface area (Å²) < 4.78 is 17.7. The van der Waals surface area contributed by atoms with Crippen LogP contribution in [0, 0.1) is 23.7 Å². The minimum atomic E-state index is -0.427. The maximum absolute atomic E-state index is 12.2. The van der Waals surface area contributed by atoms with Gasteiger partial charge in [0.25, 0.3) is 0 Å². The number of carbonyl (C=O) groups is 1. The van der Waals surface area contributed by atoms with Crippen LogP contribution < -0.4 is 0 Å². The Labute approximate surface area is 155 Å². The van der Waals surface area contributed by atoms with Gasteiger partial charge in [-0.25, -0.2) is 0 Å². The van der Waals surface area contributed by atoms with E-state index in [1.54, 1.807) is 0 Å². The summed E-state index contributed by atoms with van der Waals surface area (Å²) in [5, 5.41) is 0. The molecule has 4 heteroatoms. The summed E-state index contributed by atoms with van der Waals surface area (Å²) in [6.07, 6.45) is 3.27. The lowest BCUT2D eigenvalue weighted by molar-refractivity contribution is -0.244. The fourth-order valence-electron chi connectivity index (χ4n) is 3.21. The van der Waals surface area contributed by atoms with Crippen LogP contribution in [0.5, 0.6) is 0 Å². The lowest BCUT2D eigenvalue weighted by atomic mass is 9.89. The molecule has 0 spiro atoms. The topological polar surface area (TPSA) is 44.8 Å². The molecule has 1 aliphatic rings. The van der Waals surface area contributed by atoms with E-state index in [2.05, 4.69) is 34.6 Å². The average Bonchev–Trinajstić information content (AvgIpc) is 2.47. The number of hydrogen-bond donors (Lipinski definition) is 0. The molecule has 3 unspecified atom stereocenters. The van der Waals surface area contributed by atoms with E-state index in [9.17, 15) is 4.79 Å². The standard InChI is InChI=1S/C21H40O4/c1-13(17(5)19(22)25-21(7,8)9)10-11-16(4)23-20-15(3)12-14(2)18(6)24-20/h13-18,20H,10-12H2,1-9H3/t13?,14?,15-,16-,17-,18+,20?/m1/s1. The molecule has 0 aromatic heterocycles. The Bertz CT molecular complexity index is 415. The first-order valence-electron chi connectivity index (χ1n) is 9.94. The Balaban J connectivity index is 2.40. The van der Waals surface area contributed by atoms with E-state index in [-0.39, 0.29) is 36.3 Å². The molecular formula is C21H40O4. The summed E-state index contributed by atoms with van der Waals surface area (Å²) in [7, 11) is 0. The highest BCUT2D eigenvalue weighted by atomic mass is 16.7. The lowest BCUT2D eigenvalue weighted by Gasteiger charge is -2.38. The zero-order chi connectivity index (χ0) is 19.4. The molecule has 0 aromatic rings. The van der Waals surface area contributed by atoms with E-state index >= 15 is 0 Å². The zero-order valence-corrected chi connectivity index (χ0v) is 17.8. The number of hydrogen-bond acceptors (Lipinski definition) is 4. The van der Waals surface area contributed by atoms with Crippen molar-refractivity contribution in [2.24, 2.45) is 23.7 Å². The number of esters is 1. The van der Waals surface area contributed by atoms with Crippen LogP contribution in [0.25, 0.3) is 0 Å². The maximum atomic E-state index is 12.2. The largest absolute Gasteiger partial charge is 0.460 e. The van der Waals surface area contributed by atoms with Gasteiger partial charge < -0.3 is 14.2 Å². The van der Waals surface area contributed by atoms with Crippen LogP contribution in [0.3, 0.4) is 0 Å². The Morgan fingerprint density at radius 3 is 2.24 bits per heavy atom. The Morgan fingerprint density at radius 1 is 1.08 bits per heavy atom. The number of carbonyl (C=O) groups excluding carboxylic acids is 1. The SMILES string of the molecule is CC1C[C@@H](C)C(O[C@H](C)CCC(C)[C@@H](C)C(=O)OC(C)(C)C)O[C@H]1C. The number of rotatable bonds is 7. The summed E-state index contributed by atoms with van der Waals surface area (Å²) in [5.74, 6) is 1.06. The van der Waals surface area contributed by atoms with Gasteiger partial charge in [-0.2, -0.15) is 0 Å². The van der Waals surface area contributed by atoms with E-state index in [1.165, 1.54) is 0 Å². The molecule has 25 heavy (non-hydrogen) atoms. The third kappa shape index (κ3) is 7.65. The smallest absolute Gasteiger partial charge is 0.309 e. The van der Waals surface area contributed by atoms with E-state index in [0.717, 1.165) is 19.3 Å². The molecule has 1 rings (SSSR count). The van der Waals surface area contributed by atoms with Crippen LogP contribution in [0.2, 0.25) is 0 Å². The number of ether oxygens (including phenoxy) is 3.